The Kier molecular flexibility index (Phi) is 2.89. The molecule has 0 bridgehead atoms. The van der Waals surface area contributed by atoms with Gasteiger partial charge in [0.2, 0.25) is 0 Å². The fraction of sp³-hybridized carbons (Fsp3) is 0.444. The molecule has 0 saturated heterocycles. The first-order valence-corrected chi connectivity index (χ1v) is 4.27. The third kappa shape index (κ3) is 1.93. The highest BCUT2D eigenvalue weighted by Crippen LogP contribution is 2.21. The molecule has 0 fully saturated rings. The van der Waals surface area contributed by atoms with Gasteiger partial charge in [0, 0.05) is 11.9 Å². The quantitative estimate of drug-likeness (QED) is 0.621. The van der Waals surface area contributed by atoms with E-state index in [-0.39, 0.29) is 5.38 Å². The van der Waals surface area contributed by atoms with Gasteiger partial charge in [-0.15, -0.1) is 11.6 Å². The largest absolute Gasteiger partial charge is 0.261 e. The lowest BCUT2D eigenvalue weighted by Crippen LogP contribution is -1.95. The molecule has 1 aromatic heterocycles. The van der Waals surface area contributed by atoms with Gasteiger partial charge in [-0.3, -0.25) is 4.98 Å². The minimum atomic E-state index is 0.0682. The number of halogens is 1. The van der Waals surface area contributed by atoms with E-state index in [1.807, 2.05) is 25.3 Å². The highest BCUT2D eigenvalue weighted by molar-refractivity contribution is 6.20. The lowest BCUT2D eigenvalue weighted by molar-refractivity contribution is 0.946. The zero-order chi connectivity index (χ0) is 8.27. The monoisotopic (exact) mass is 169 g/mol. The smallest absolute Gasteiger partial charge is 0.0575 e. The van der Waals surface area contributed by atoms with Crippen LogP contribution in [0, 0.1) is 0 Å². The summed E-state index contributed by atoms with van der Waals surface area (Å²) in [5.74, 6) is 0. The van der Waals surface area contributed by atoms with Crippen LogP contribution in [0.25, 0.3) is 0 Å². The third-order valence-electron chi connectivity index (χ3n) is 1.69. The Hall–Kier alpha value is -0.560. The van der Waals surface area contributed by atoms with E-state index in [2.05, 4.69) is 11.9 Å². The first kappa shape index (κ1) is 8.54. The molecule has 1 rings (SSSR count). The van der Waals surface area contributed by atoms with Gasteiger partial charge in [-0.2, -0.15) is 0 Å². The summed E-state index contributed by atoms with van der Waals surface area (Å²) < 4.78 is 0. The summed E-state index contributed by atoms with van der Waals surface area (Å²) in [6, 6.07) is 3.96. The first-order valence-electron chi connectivity index (χ1n) is 3.83. The minimum Gasteiger partial charge on any atom is -0.261 e. The first-order chi connectivity index (χ1) is 5.25. The van der Waals surface area contributed by atoms with Crippen molar-refractivity contribution in [3.63, 3.8) is 0 Å². The van der Waals surface area contributed by atoms with Crippen molar-refractivity contribution >= 4 is 11.6 Å². The number of rotatable bonds is 2. The fourth-order valence-corrected chi connectivity index (χ4v) is 1.31. The Morgan fingerprint density at radius 2 is 2.36 bits per heavy atom. The minimum absolute atomic E-state index is 0.0682. The Morgan fingerprint density at radius 1 is 1.64 bits per heavy atom. The van der Waals surface area contributed by atoms with E-state index in [0.717, 1.165) is 17.7 Å². The van der Waals surface area contributed by atoms with Gasteiger partial charge < -0.3 is 0 Å². The zero-order valence-corrected chi connectivity index (χ0v) is 7.60. The average molecular weight is 170 g/mol. The molecule has 0 amide bonds. The van der Waals surface area contributed by atoms with E-state index in [1.165, 1.54) is 0 Å². The number of hydrogen-bond donors (Lipinski definition) is 0. The second kappa shape index (κ2) is 3.72. The molecule has 0 saturated carbocycles. The van der Waals surface area contributed by atoms with Crippen LogP contribution in [0.5, 0.6) is 0 Å². The molecule has 0 N–H and O–H groups in total. The number of pyridine rings is 1. The summed E-state index contributed by atoms with van der Waals surface area (Å²) in [4.78, 5) is 4.23. The van der Waals surface area contributed by atoms with Crippen LogP contribution in [-0.4, -0.2) is 4.98 Å². The van der Waals surface area contributed by atoms with E-state index in [9.17, 15) is 0 Å². The number of aryl methyl sites for hydroxylation is 1. The molecule has 1 unspecified atom stereocenters. The third-order valence-corrected chi connectivity index (χ3v) is 1.92. The second-order valence-electron chi connectivity index (χ2n) is 2.51. The van der Waals surface area contributed by atoms with Crippen molar-refractivity contribution in [1.82, 2.24) is 4.98 Å². The van der Waals surface area contributed by atoms with Gasteiger partial charge in [0.15, 0.2) is 0 Å². The van der Waals surface area contributed by atoms with Crippen LogP contribution < -0.4 is 0 Å². The molecule has 1 atom stereocenters. The maximum atomic E-state index is 5.95. The normalized spacial score (nSPS) is 13.0. The molecule has 0 aliphatic carbocycles. The number of alkyl halides is 1. The lowest BCUT2D eigenvalue weighted by atomic mass is 10.1. The summed E-state index contributed by atoms with van der Waals surface area (Å²) in [6.07, 6.45) is 2.76. The number of aromatic nitrogens is 1. The van der Waals surface area contributed by atoms with Crippen molar-refractivity contribution < 1.29 is 0 Å². The summed E-state index contributed by atoms with van der Waals surface area (Å²) in [5.41, 5.74) is 2.26. The predicted octanol–water partition coefficient (Wildman–Crippen LogP) is 2.94. The van der Waals surface area contributed by atoms with E-state index in [4.69, 9.17) is 11.6 Å². The van der Waals surface area contributed by atoms with Crippen LogP contribution in [0.4, 0.5) is 0 Å². The highest BCUT2D eigenvalue weighted by Gasteiger charge is 2.05. The lowest BCUT2D eigenvalue weighted by Gasteiger charge is -2.06. The van der Waals surface area contributed by atoms with Crippen LogP contribution in [0.15, 0.2) is 18.3 Å². The molecule has 0 aliphatic heterocycles. The Morgan fingerprint density at radius 3 is 2.82 bits per heavy atom. The molecule has 0 aliphatic rings. The molecule has 1 aromatic rings. The van der Waals surface area contributed by atoms with Crippen molar-refractivity contribution in [3.8, 4) is 0 Å². The van der Waals surface area contributed by atoms with Crippen LogP contribution in [0.1, 0.15) is 30.5 Å². The summed E-state index contributed by atoms with van der Waals surface area (Å²) >= 11 is 5.95. The molecule has 0 spiro atoms. The molecular formula is C9H12ClN. The Bertz CT molecular complexity index is 233. The van der Waals surface area contributed by atoms with Gasteiger partial charge >= 0.3 is 0 Å². The summed E-state index contributed by atoms with van der Waals surface area (Å²) in [5, 5.41) is 0.0682. The van der Waals surface area contributed by atoms with E-state index in [1.54, 1.807) is 0 Å². The fourth-order valence-electron chi connectivity index (χ4n) is 1.11. The standard InChI is InChI=1S/C9H12ClN/c1-3-9-8(7(2)10)5-4-6-11-9/h4-7H,3H2,1-2H3. The van der Waals surface area contributed by atoms with Crippen molar-refractivity contribution in [1.29, 1.82) is 0 Å². The molecule has 0 radical (unpaired) electrons. The van der Waals surface area contributed by atoms with Crippen LogP contribution in [0.2, 0.25) is 0 Å². The topological polar surface area (TPSA) is 12.9 Å². The number of hydrogen-bond acceptors (Lipinski definition) is 1. The summed E-state index contributed by atoms with van der Waals surface area (Å²) in [7, 11) is 0. The van der Waals surface area contributed by atoms with Gasteiger partial charge in [0.25, 0.3) is 0 Å². The zero-order valence-electron chi connectivity index (χ0n) is 6.84. The maximum absolute atomic E-state index is 5.95. The van der Waals surface area contributed by atoms with Gasteiger partial charge in [-0.1, -0.05) is 13.0 Å². The maximum Gasteiger partial charge on any atom is 0.0575 e. The van der Waals surface area contributed by atoms with Gasteiger partial charge in [0.05, 0.1) is 5.38 Å². The number of nitrogens with zero attached hydrogens (tertiary/aromatic N) is 1. The second-order valence-corrected chi connectivity index (χ2v) is 3.16. The molecule has 11 heavy (non-hydrogen) atoms. The van der Waals surface area contributed by atoms with Gasteiger partial charge in [-0.05, 0) is 25.0 Å². The van der Waals surface area contributed by atoms with Crippen molar-refractivity contribution in [2.45, 2.75) is 25.6 Å². The predicted molar refractivity (Wildman–Crippen MR) is 47.9 cm³/mol. The van der Waals surface area contributed by atoms with Crippen molar-refractivity contribution in [2.24, 2.45) is 0 Å². The molecule has 1 nitrogen and oxygen atoms in total. The van der Waals surface area contributed by atoms with E-state index >= 15 is 0 Å². The van der Waals surface area contributed by atoms with Gasteiger partial charge in [0.1, 0.15) is 0 Å². The average Bonchev–Trinajstić information content (AvgIpc) is 2.04. The Labute approximate surface area is 72.4 Å². The van der Waals surface area contributed by atoms with Gasteiger partial charge in [-0.25, -0.2) is 0 Å². The van der Waals surface area contributed by atoms with Crippen molar-refractivity contribution in [3.05, 3.63) is 29.6 Å². The molecule has 0 aromatic carbocycles. The molecule has 1 heterocycles. The molecule has 2 heteroatoms. The van der Waals surface area contributed by atoms with Crippen LogP contribution in [0.3, 0.4) is 0 Å². The van der Waals surface area contributed by atoms with Crippen molar-refractivity contribution in [2.75, 3.05) is 0 Å². The van der Waals surface area contributed by atoms with E-state index in [0.29, 0.717) is 0 Å². The molecular weight excluding hydrogens is 158 g/mol. The van der Waals surface area contributed by atoms with E-state index < -0.39 is 0 Å². The van der Waals surface area contributed by atoms with Crippen LogP contribution >= 0.6 is 11.6 Å². The Balaban J connectivity index is 3.02. The van der Waals surface area contributed by atoms with Crippen LogP contribution in [-0.2, 0) is 6.42 Å². The summed E-state index contributed by atoms with van der Waals surface area (Å²) in [6.45, 7) is 4.06. The SMILES string of the molecule is CCc1ncccc1C(C)Cl. The highest BCUT2D eigenvalue weighted by atomic mass is 35.5. The molecule has 60 valence electrons.